The highest BCUT2D eigenvalue weighted by Gasteiger charge is 2.28. The molecule has 0 atom stereocenters. The zero-order valence-corrected chi connectivity index (χ0v) is 11.1. The number of aryl methyl sites for hydroxylation is 1. The van der Waals surface area contributed by atoms with Gasteiger partial charge in [0, 0.05) is 22.2 Å². The first-order chi connectivity index (χ1) is 7.08. The zero-order valence-electron chi connectivity index (χ0n) is 8.96. The highest BCUT2D eigenvalue weighted by Crippen LogP contribution is 2.21. The monoisotopic (exact) mass is 315 g/mol. The highest BCUT2D eigenvalue weighted by atomic mass is 127. The van der Waals surface area contributed by atoms with Gasteiger partial charge in [0.15, 0.2) is 0 Å². The second kappa shape index (κ2) is 4.12. The molecule has 80 valence electrons. The van der Waals surface area contributed by atoms with Crippen molar-refractivity contribution in [3.05, 3.63) is 32.9 Å². The molecule has 15 heavy (non-hydrogen) atoms. The summed E-state index contributed by atoms with van der Waals surface area (Å²) in [7, 11) is 0. The van der Waals surface area contributed by atoms with E-state index < -0.39 is 0 Å². The van der Waals surface area contributed by atoms with Gasteiger partial charge in [0.25, 0.3) is 5.91 Å². The topological polar surface area (TPSA) is 20.3 Å². The van der Waals surface area contributed by atoms with E-state index in [1.54, 1.807) is 0 Å². The zero-order chi connectivity index (χ0) is 11.0. The summed E-state index contributed by atoms with van der Waals surface area (Å²) in [6.45, 7) is 5.98. The van der Waals surface area contributed by atoms with Crippen LogP contribution in [0.25, 0.3) is 0 Å². The lowest BCUT2D eigenvalue weighted by molar-refractivity contribution is 0.0529. The lowest BCUT2D eigenvalue weighted by atomic mass is 10.00. The van der Waals surface area contributed by atoms with Gasteiger partial charge >= 0.3 is 0 Å². The van der Waals surface area contributed by atoms with Crippen LogP contribution in [0.3, 0.4) is 0 Å². The van der Waals surface area contributed by atoms with E-state index in [1.165, 1.54) is 0 Å². The van der Waals surface area contributed by atoms with Crippen LogP contribution < -0.4 is 0 Å². The summed E-state index contributed by atoms with van der Waals surface area (Å²) in [4.78, 5) is 14.0. The number of carbonyl (C=O) groups is 1. The molecule has 0 spiro atoms. The molecule has 2 rings (SSSR count). The highest BCUT2D eigenvalue weighted by molar-refractivity contribution is 14.1. The van der Waals surface area contributed by atoms with Crippen molar-refractivity contribution >= 4 is 28.5 Å². The summed E-state index contributed by atoms with van der Waals surface area (Å²) in [5, 5.41) is 0. The summed E-state index contributed by atoms with van der Waals surface area (Å²) in [5.74, 6) is 0.848. The van der Waals surface area contributed by atoms with E-state index >= 15 is 0 Å². The van der Waals surface area contributed by atoms with Gasteiger partial charge in [-0.15, -0.1) is 0 Å². The van der Waals surface area contributed by atoms with E-state index in [0.717, 1.165) is 27.8 Å². The molecule has 3 heteroatoms. The van der Waals surface area contributed by atoms with Crippen molar-refractivity contribution in [3.8, 4) is 0 Å². The van der Waals surface area contributed by atoms with Crippen LogP contribution in [0.1, 0.15) is 22.8 Å². The lowest BCUT2D eigenvalue weighted by Gasteiger charge is -2.37. The van der Waals surface area contributed by atoms with Crippen LogP contribution in [0.15, 0.2) is 18.2 Å². The molecule has 1 aromatic carbocycles. The molecule has 0 bridgehead atoms. The number of amides is 1. The Morgan fingerprint density at radius 3 is 2.73 bits per heavy atom. The minimum absolute atomic E-state index is 0.184. The Bertz CT molecular complexity index is 397. The van der Waals surface area contributed by atoms with Crippen molar-refractivity contribution in [2.75, 3.05) is 13.1 Å². The molecular weight excluding hydrogens is 301 g/mol. The molecule has 0 aliphatic carbocycles. The number of likely N-dealkylation sites (tertiary alicyclic amines) is 1. The number of hydrogen-bond acceptors (Lipinski definition) is 1. The van der Waals surface area contributed by atoms with Crippen LogP contribution in [0.5, 0.6) is 0 Å². The third-order valence-corrected chi connectivity index (χ3v) is 3.45. The predicted octanol–water partition coefficient (Wildman–Crippen LogP) is 2.69. The summed E-state index contributed by atoms with van der Waals surface area (Å²) in [6, 6.07) is 6.02. The molecule has 1 aliphatic rings. The molecule has 0 aromatic heterocycles. The molecule has 2 nitrogen and oxygen atoms in total. The molecule has 1 saturated heterocycles. The number of nitrogens with zero attached hydrogens (tertiary/aromatic N) is 1. The second-order valence-electron chi connectivity index (χ2n) is 4.27. The maximum absolute atomic E-state index is 12.1. The van der Waals surface area contributed by atoms with E-state index in [2.05, 4.69) is 29.5 Å². The van der Waals surface area contributed by atoms with E-state index in [4.69, 9.17) is 0 Å². The van der Waals surface area contributed by atoms with Gasteiger partial charge in [-0.25, -0.2) is 0 Å². The summed E-state index contributed by atoms with van der Waals surface area (Å²) < 4.78 is 1.12. The number of halogens is 1. The summed E-state index contributed by atoms with van der Waals surface area (Å²) in [5.41, 5.74) is 1.92. The standard InChI is InChI=1S/C12H14INO/c1-8-6-14(7-8)12(15)11-5-10(13)4-3-9(11)2/h3-5,8H,6-7H2,1-2H3. The molecule has 1 aromatic rings. The normalized spacial score (nSPS) is 16.3. The van der Waals surface area contributed by atoms with Crippen molar-refractivity contribution in [2.45, 2.75) is 13.8 Å². The quantitative estimate of drug-likeness (QED) is 0.730. The first-order valence-corrected chi connectivity index (χ1v) is 6.21. The first-order valence-electron chi connectivity index (χ1n) is 5.13. The molecule has 1 aliphatic heterocycles. The van der Waals surface area contributed by atoms with Gasteiger partial charge < -0.3 is 4.90 Å². The largest absolute Gasteiger partial charge is 0.338 e. The fourth-order valence-corrected chi connectivity index (χ4v) is 2.35. The number of hydrogen-bond donors (Lipinski definition) is 0. The molecule has 1 fully saturated rings. The van der Waals surface area contributed by atoms with Crippen LogP contribution in [-0.4, -0.2) is 23.9 Å². The van der Waals surface area contributed by atoms with Crippen LogP contribution in [0.2, 0.25) is 0 Å². The van der Waals surface area contributed by atoms with E-state index in [9.17, 15) is 4.79 Å². The van der Waals surface area contributed by atoms with Gasteiger partial charge in [-0.3, -0.25) is 4.79 Å². The van der Waals surface area contributed by atoms with Crippen molar-refractivity contribution in [2.24, 2.45) is 5.92 Å². The lowest BCUT2D eigenvalue weighted by Crippen LogP contribution is -2.48. The Labute approximate surface area is 104 Å². The van der Waals surface area contributed by atoms with Crippen LogP contribution in [-0.2, 0) is 0 Å². The Hall–Kier alpha value is -0.580. The van der Waals surface area contributed by atoms with Crippen LogP contribution in [0.4, 0.5) is 0 Å². The summed E-state index contributed by atoms with van der Waals surface area (Å²) in [6.07, 6.45) is 0. The molecule has 1 heterocycles. The van der Waals surface area contributed by atoms with Crippen molar-refractivity contribution < 1.29 is 4.79 Å². The van der Waals surface area contributed by atoms with Gasteiger partial charge in [-0.1, -0.05) is 13.0 Å². The maximum atomic E-state index is 12.1. The fraction of sp³-hybridized carbons (Fsp3) is 0.417. The number of carbonyl (C=O) groups excluding carboxylic acids is 1. The van der Waals surface area contributed by atoms with Gasteiger partial charge in [0.05, 0.1) is 0 Å². The predicted molar refractivity (Wildman–Crippen MR) is 69.0 cm³/mol. The minimum atomic E-state index is 0.184. The Balaban J connectivity index is 2.22. The Morgan fingerprint density at radius 2 is 2.13 bits per heavy atom. The van der Waals surface area contributed by atoms with E-state index in [0.29, 0.717) is 5.92 Å². The average Bonchev–Trinajstić information content (AvgIpc) is 2.16. The van der Waals surface area contributed by atoms with Crippen molar-refractivity contribution in [1.29, 1.82) is 0 Å². The summed E-state index contributed by atoms with van der Waals surface area (Å²) >= 11 is 2.24. The average molecular weight is 315 g/mol. The molecule has 1 amide bonds. The third-order valence-electron chi connectivity index (χ3n) is 2.78. The smallest absolute Gasteiger partial charge is 0.254 e. The molecule has 0 radical (unpaired) electrons. The Kier molecular flexibility index (Phi) is 3.00. The molecule has 0 unspecified atom stereocenters. The number of rotatable bonds is 1. The van der Waals surface area contributed by atoms with Gasteiger partial charge in [-0.05, 0) is 53.1 Å². The van der Waals surface area contributed by atoms with Gasteiger partial charge in [0.1, 0.15) is 0 Å². The first kappa shape index (κ1) is 10.9. The van der Waals surface area contributed by atoms with Crippen molar-refractivity contribution in [3.63, 3.8) is 0 Å². The number of benzene rings is 1. The second-order valence-corrected chi connectivity index (χ2v) is 5.52. The SMILES string of the molecule is Cc1ccc(I)cc1C(=O)N1CC(C)C1. The van der Waals surface area contributed by atoms with Crippen LogP contribution in [0, 0.1) is 16.4 Å². The molecule has 0 N–H and O–H groups in total. The maximum Gasteiger partial charge on any atom is 0.254 e. The molecule has 0 saturated carbocycles. The van der Waals surface area contributed by atoms with Gasteiger partial charge in [-0.2, -0.15) is 0 Å². The van der Waals surface area contributed by atoms with E-state index in [-0.39, 0.29) is 5.91 Å². The van der Waals surface area contributed by atoms with Crippen molar-refractivity contribution in [1.82, 2.24) is 4.90 Å². The van der Waals surface area contributed by atoms with E-state index in [1.807, 2.05) is 30.0 Å². The Morgan fingerprint density at radius 1 is 1.47 bits per heavy atom. The fourth-order valence-electron chi connectivity index (χ4n) is 1.86. The van der Waals surface area contributed by atoms with Gasteiger partial charge in [0.2, 0.25) is 0 Å². The third kappa shape index (κ3) is 2.17. The molecular formula is C12H14INO. The minimum Gasteiger partial charge on any atom is -0.338 e. The van der Waals surface area contributed by atoms with Crippen LogP contribution >= 0.6 is 22.6 Å².